The molecule has 0 radical (unpaired) electrons. The first-order valence-corrected chi connectivity index (χ1v) is 13.6. The van der Waals surface area contributed by atoms with Crippen molar-refractivity contribution in [2.45, 2.75) is 39.8 Å². The normalized spacial score (nSPS) is 17.6. The van der Waals surface area contributed by atoms with Gasteiger partial charge in [-0.3, -0.25) is 4.68 Å². The molecule has 0 unspecified atom stereocenters. The Morgan fingerprint density at radius 2 is 1.91 bits per heavy atom. The van der Waals surface area contributed by atoms with Crippen LogP contribution in [0.5, 0.6) is 0 Å². The number of aryl methyl sites for hydroxylation is 2. The maximum atomic E-state index is 12.0. The summed E-state index contributed by atoms with van der Waals surface area (Å²) in [5, 5.41) is 5.80. The van der Waals surface area contributed by atoms with Gasteiger partial charge in [0.1, 0.15) is 17.0 Å². The number of hydrogen-bond acceptors (Lipinski definition) is 7. The van der Waals surface area contributed by atoms with Gasteiger partial charge in [0, 0.05) is 29.7 Å². The van der Waals surface area contributed by atoms with Crippen molar-refractivity contribution in [1.82, 2.24) is 19.7 Å². The van der Waals surface area contributed by atoms with Crippen LogP contribution < -0.4 is 4.90 Å². The summed E-state index contributed by atoms with van der Waals surface area (Å²) in [4.78, 5) is 13.5. The fourth-order valence-corrected chi connectivity index (χ4v) is 7.61. The van der Waals surface area contributed by atoms with E-state index in [1.807, 2.05) is 31.6 Å². The first kappa shape index (κ1) is 22.0. The van der Waals surface area contributed by atoms with E-state index in [4.69, 9.17) is 5.10 Å². The zero-order valence-corrected chi connectivity index (χ0v) is 20.9. The van der Waals surface area contributed by atoms with E-state index in [0.29, 0.717) is 13.0 Å². The van der Waals surface area contributed by atoms with Crippen LogP contribution in [0.3, 0.4) is 0 Å². The maximum Gasteiger partial charge on any atom is 0.152 e. The molecule has 0 bridgehead atoms. The van der Waals surface area contributed by atoms with E-state index >= 15 is 0 Å². The molecule has 1 aliphatic heterocycles. The first-order valence-electron chi connectivity index (χ1n) is 11.0. The van der Waals surface area contributed by atoms with Crippen molar-refractivity contribution in [2.24, 2.45) is 0 Å². The van der Waals surface area contributed by atoms with Crippen molar-refractivity contribution < 1.29 is 8.42 Å². The van der Waals surface area contributed by atoms with Gasteiger partial charge in [-0.15, -0.1) is 11.3 Å². The topological polar surface area (TPSA) is 81.0 Å². The van der Waals surface area contributed by atoms with E-state index in [-0.39, 0.29) is 17.5 Å². The predicted octanol–water partition coefficient (Wildman–Crippen LogP) is 4.48. The number of benzene rings is 1. The molecule has 0 N–H and O–H groups in total. The third-order valence-electron chi connectivity index (χ3n) is 6.53. The number of sulfone groups is 1. The van der Waals surface area contributed by atoms with Crippen LogP contribution in [0.25, 0.3) is 20.7 Å². The van der Waals surface area contributed by atoms with Crippen molar-refractivity contribution in [1.29, 1.82) is 0 Å². The third kappa shape index (κ3) is 3.93. The van der Waals surface area contributed by atoms with E-state index in [1.54, 1.807) is 17.7 Å². The second kappa shape index (κ2) is 8.22. The highest BCUT2D eigenvalue weighted by Crippen LogP contribution is 2.40. The van der Waals surface area contributed by atoms with Gasteiger partial charge in [0.2, 0.25) is 0 Å². The molecule has 1 aromatic carbocycles. The molecule has 172 valence electrons. The van der Waals surface area contributed by atoms with Gasteiger partial charge in [0.05, 0.1) is 28.6 Å². The van der Waals surface area contributed by atoms with Crippen LogP contribution in [0.2, 0.25) is 0 Å². The molecular formula is C24H27N5O2S2. The van der Waals surface area contributed by atoms with Gasteiger partial charge < -0.3 is 4.90 Å². The smallest absolute Gasteiger partial charge is 0.152 e. The fourth-order valence-electron chi connectivity index (χ4n) is 4.77. The summed E-state index contributed by atoms with van der Waals surface area (Å²) in [7, 11) is -0.928. The largest absolute Gasteiger partial charge is 0.355 e. The minimum atomic E-state index is -2.97. The van der Waals surface area contributed by atoms with Crippen molar-refractivity contribution in [3.8, 4) is 10.4 Å². The molecule has 9 heteroatoms. The lowest BCUT2D eigenvalue weighted by atomic mass is 10.1. The summed E-state index contributed by atoms with van der Waals surface area (Å²) in [6.45, 7) is 6.80. The highest BCUT2D eigenvalue weighted by Gasteiger charge is 2.31. The Kier molecular flexibility index (Phi) is 5.49. The van der Waals surface area contributed by atoms with Crippen LogP contribution in [-0.2, 0) is 16.4 Å². The number of hydrogen-bond donors (Lipinski definition) is 0. The van der Waals surface area contributed by atoms with Gasteiger partial charge in [0.15, 0.2) is 9.84 Å². The molecule has 4 aromatic rings. The maximum absolute atomic E-state index is 12.0. The second-order valence-electron chi connectivity index (χ2n) is 8.81. The Hall–Kier alpha value is -2.78. The van der Waals surface area contributed by atoms with Gasteiger partial charge in [-0.25, -0.2) is 18.4 Å². The van der Waals surface area contributed by atoms with Gasteiger partial charge in [0.25, 0.3) is 0 Å². The Labute approximate surface area is 198 Å². The summed E-state index contributed by atoms with van der Waals surface area (Å²) in [5.41, 5.74) is 5.44. The molecule has 0 amide bonds. The third-order valence-corrected chi connectivity index (χ3v) is 9.53. The van der Waals surface area contributed by atoms with E-state index < -0.39 is 9.84 Å². The molecule has 0 aliphatic carbocycles. The van der Waals surface area contributed by atoms with Crippen LogP contribution in [0, 0.1) is 20.8 Å². The van der Waals surface area contributed by atoms with E-state index in [0.717, 1.165) is 33.0 Å². The van der Waals surface area contributed by atoms with E-state index in [2.05, 4.69) is 46.1 Å². The fraction of sp³-hybridized carbons (Fsp3) is 0.375. The zero-order chi connectivity index (χ0) is 23.3. The summed E-state index contributed by atoms with van der Waals surface area (Å²) in [5.74, 6) is 1.31. The van der Waals surface area contributed by atoms with Crippen LogP contribution in [0.4, 0.5) is 5.82 Å². The molecule has 0 saturated carbocycles. The van der Waals surface area contributed by atoms with Gasteiger partial charge >= 0.3 is 0 Å². The molecule has 4 heterocycles. The first-order chi connectivity index (χ1) is 15.7. The predicted molar refractivity (Wildman–Crippen MR) is 134 cm³/mol. The Morgan fingerprint density at radius 3 is 2.61 bits per heavy atom. The minimum Gasteiger partial charge on any atom is -0.355 e. The lowest BCUT2D eigenvalue weighted by Gasteiger charge is -2.20. The molecule has 0 spiro atoms. The molecule has 1 aliphatic rings. The number of aromatic nitrogens is 4. The van der Waals surface area contributed by atoms with Crippen LogP contribution in [0.1, 0.15) is 35.0 Å². The van der Waals surface area contributed by atoms with Crippen molar-refractivity contribution in [2.75, 3.05) is 23.5 Å². The van der Waals surface area contributed by atoms with Crippen molar-refractivity contribution in [3.05, 3.63) is 59.2 Å². The minimum absolute atomic E-state index is 0.0777. The zero-order valence-electron chi connectivity index (χ0n) is 19.2. The monoisotopic (exact) mass is 481 g/mol. The highest BCUT2D eigenvalue weighted by atomic mass is 32.2. The second-order valence-corrected chi connectivity index (χ2v) is 12.0. The van der Waals surface area contributed by atoms with E-state index in [1.165, 1.54) is 16.0 Å². The number of rotatable bonds is 5. The quantitative estimate of drug-likeness (QED) is 0.418. The van der Waals surface area contributed by atoms with Crippen molar-refractivity contribution in [3.63, 3.8) is 0 Å². The molecule has 7 nitrogen and oxygen atoms in total. The van der Waals surface area contributed by atoms with E-state index in [9.17, 15) is 8.42 Å². The van der Waals surface area contributed by atoms with Crippen LogP contribution in [-0.4, -0.2) is 46.7 Å². The summed E-state index contributed by atoms with van der Waals surface area (Å²) in [6.07, 6.45) is 2.26. The van der Waals surface area contributed by atoms with Crippen LogP contribution in [0.15, 0.2) is 36.7 Å². The molecule has 1 atom stereocenters. The summed E-state index contributed by atoms with van der Waals surface area (Å²) < 4.78 is 25.9. The number of thiophene rings is 1. The average Bonchev–Trinajstić information content (AvgIpc) is 3.42. The number of fused-ring (bicyclic) bond motifs is 1. The standard InChI is InChI=1S/C24H27N5O2S2/c1-15-21-23(25-14-26-24(21)32-22(15)18-8-6-5-7-9-18)28(4)12-20-16(2)27-29(17(20)3)19-10-11-33(30,31)13-19/h5-9,14,19H,10-13H2,1-4H3/t19-/m0/s1. The Morgan fingerprint density at radius 1 is 1.15 bits per heavy atom. The number of anilines is 1. The lowest BCUT2D eigenvalue weighted by molar-refractivity contribution is 0.485. The highest BCUT2D eigenvalue weighted by molar-refractivity contribution is 7.91. The summed E-state index contributed by atoms with van der Waals surface area (Å²) in [6, 6.07) is 10.3. The Bertz CT molecular complexity index is 1440. The average molecular weight is 482 g/mol. The van der Waals surface area contributed by atoms with Gasteiger partial charge in [-0.05, 0) is 38.3 Å². The van der Waals surface area contributed by atoms with Gasteiger partial charge in [-0.1, -0.05) is 30.3 Å². The summed E-state index contributed by atoms with van der Waals surface area (Å²) >= 11 is 1.69. The molecule has 1 fully saturated rings. The van der Waals surface area contributed by atoms with Crippen LogP contribution >= 0.6 is 11.3 Å². The number of nitrogens with zero attached hydrogens (tertiary/aromatic N) is 5. The molecular weight excluding hydrogens is 454 g/mol. The SMILES string of the molecule is Cc1nn([C@H]2CCS(=O)(=O)C2)c(C)c1CN(C)c1ncnc2sc(-c3ccccc3)c(C)c12. The lowest BCUT2D eigenvalue weighted by Crippen LogP contribution is -2.19. The molecule has 1 saturated heterocycles. The van der Waals surface area contributed by atoms with Crippen molar-refractivity contribution >= 4 is 37.2 Å². The molecule has 5 rings (SSSR count). The molecule has 33 heavy (non-hydrogen) atoms. The Balaban J connectivity index is 1.49. The molecule has 3 aromatic heterocycles. The van der Waals surface area contributed by atoms with Gasteiger partial charge in [-0.2, -0.15) is 5.10 Å².